The van der Waals surface area contributed by atoms with Crippen molar-refractivity contribution in [2.75, 3.05) is 20.6 Å². The fourth-order valence-corrected chi connectivity index (χ4v) is 3.53. The van der Waals surface area contributed by atoms with Gasteiger partial charge in [-0.1, -0.05) is 48.5 Å². The Kier molecular flexibility index (Phi) is 5.26. The molecule has 5 heteroatoms. The second-order valence-electron chi connectivity index (χ2n) is 7.73. The summed E-state index contributed by atoms with van der Waals surface area (Å²) in [6, 6.07) is 22.4. The Labute approximate surface area is 166 Å². The lowest BCUT2D eigenvalue weighted by Gasteiger charge is -2.22. The summed E-state index contributed by atoms with van der Waals surface area (Å²) in [6.07, 6.45) is 2.32. The fraction of sp³-hybridized carbons (Fsp3) is 0.304. The van der Waals surface area contributed by atoms with E-state index in [1.807, 2.05) is 54.6 Å². The zero-order valence-electron chi connectivity index (χ0n) is 16.4. The number of carbonyl (C=O) groups excluding carboxylic acids is 1. The lowest BCUT2D eigenvalue weighted by molar-refractivity contribution is -0.890. The van der Waals surface area contributed by atoms with Crippen molar-refractivity contribution in [3.05, 3.63) is 83.7 Å². The zero-order chi connectivity index (χ0) is 19.5. The van der Waals surface area contributed by atoms with E-state index in [2.05, 4.69) is 31.5 Å². The third-order valence-corrected chi connectivity index (χ3v) is 5.32. The van der Waals surface area contributed by atoms with Crippen LogP contribution in [0.4, 0.5) is 0 Å². The number of quaternary nitrogens is 1. The zero-order valence-corrected chi connectivity index (χ0v) is 16.4. The summed E-state index contributed by atoms with van der Waals surface area (Å²) in [5.41, 5.74) is 3.76. The van der Waals surface area contributed by atoms with Crippen LogP contribution >= 0.6 is 0 Å². The van der Waals surface area contributed by atoms with Crippen LogP contribution in [0, 0.1) is 0 Å². The summed E-state index contributed by atoms with van der Waals surface area (Å²) in [5.74, 6) is 0.422. The minimum atomic E-state index is -0.0783. The average Bonchev–Trinajstić information content (AvgIpc) is 3.47. The summed E-state index contributed by atoms with van der Waals surface area (Å²) in [4.78, 5) is 14.4. The van der Waals surface area contributed by atoms with Crippen molar-refractivity contribution in [2.45, 2.75) is 24.8 Å². The summed E-state index contributed by atoms with van der Waals surface area (Å²) in [7, 11) is 4.23. The maximum Gasteiger partial charge on any atom is 0.270 e. The molecule has 0 aliphatic heterocycles. The molecule has 1 atom stereocenters. The van der Waals surface area contributed by atoms with Gasteiger partial charge >= 0.3 is 0 Å². The number of carbonyl (C=O) groups is 1. The van der Waals surface area contributed by atoms with Crippen molar-refractivity contribution < 1.29 is 9.69 Å². The topological polar surface area (TPSA) is 51.4 Å². The molecule has 0 bridgehead atoms. The SMILES string of the molecule is C[NH+](C)[C@H](CNC(=O)c1cc(C2CC2)nn1-c1ccccc1)c1ccccc1. The molecular weight excluding hydrogens is 348 g/mol. The average molecular weight is 375 g/mol. The molecule has 0 saturated heterocycles. The Bertz CT molecular complexity index is 930. The van der Waals surface area contributed by atoms with Gasteiger partial charge in [0.25, 0.3) is 5.91 Å². The molecule has 3 aromatic rings. The van der Waals surface area contributed by atoms with Gasteiger partial charge in [-0.3, -0.25) is 4.79 Å². The van der Waals surface area contributed by atoms with E-state index in [-0.39, 0.29) is 11.9 Å². The van der Waals surface area contributed by atoms with E-state index in [1.54, 1.807) is 4.68 Å². The van der Waals surface area contributed by atoms with Gasteiger partial charge < -0.3 is 10.2 Å². The highest BCUT2D eigenvalue weighted by molar-refractivity contribution is 5.93. The Balaban J connectivity index is 1.56. The first-order chi connectivity index (χ1) is 13.6. The number of rotatable bonds is 7. The molecule has 1 heterocycles. The fourth-order valence-electron chi connectivity index (χ4n) is 3.53. The van der Waals surface area contributed by atoms with E-state index in [0.717, 1.165) is 24.2 Å². The number of nitrogens with zero attached hydrogens (tertiary/aromatic N) is 2. The van der Waals surface area contributed by atoms with Crippen molar-refractivity contribution in [2.24, 2.45) is 0 Å². The maximum atomic E-state index is 13.1. The molecule has 1 aliphatic carbocycles. The minimum Gasteiger partial charge on any atom is -0.344 e. The molecule has 2 aromatic carbocycles. The van der Waals surface area contributed by atoms with Gasteiger partial charge in [0.1, 0.15) is 11.7 Å². The lowest BCUT2D eigenvalue weighted by atomic mass is 10.1. The lowest BCUT2D eigenvalue weighted by Crippen LogP contribution is -3.07. The van der Waals surface area contributed by atoms with Gasteiger partial charge in [-0.2, -0.15) is 5.10 Å². The summed E-state index contributed by atoms with van der Waals surface area (Å²) < 4.78 is 1.78. The van der Waals surface area contributed by atoms with Crippen LogP contribution in [-0.4, -0.2) is 36.3 Å². The van der Waals surface area contributed by atoms with Gasteiger partial charge in [-0.15, -0.1) is 0 Å². The first-order valence-electron chi connectivity index (χ1n) is 9.92. The molecule has 1 fully saturated rings. The number of para-hydroxylation sites is 1. The van der Waals surface area contributed by atoms with Crippen LogP contribution in [0.1, 0.15) is 46.5 Å². The summed E-state index contributed by atoms with van der Waals surface area (Å²) in [6.45, 7) is 0.573. The predicted molar refractivity (Wildman–Crippen MR) is 110 cm³/mol. The van der Waals surface area contributed by atoms with Crippen LogP contribution in [0.3, 0.4) is 0 Å². The second kappa shape index (κ2) is 7.98. The monoisotopic (exact) mass is 375 g/mol. The number of nitrogens with one attached hydrogen (secondary N) is 2. The second-order valence-corrected chi connectivity index (χ2v) is 7.73. The molecule has 28 heavy (non-hydrogen) atoms. The molecule has 5 nitrogen and oxygen atoms in total. The Morgan fingerprint density at radius 1 is 1.11 bits per heavy atom. The number of hydrogen-bond acceptors (Lipinski definition) is 2. The van der Waals surface area contributed by atoms with Crippen molar-refractivity contribution in [3.8, 4) is 5.69 Å². The Hall–Kier alpha value is -2.92. The normalized spacial score (nSPS) is 14.8. The molecular formula is C23H27N4O+. The molecule has 0 unspecified atom stereocenters. The highest BCUT2D eigenvalue weighted by Gasteiger charge is 2.29. The first-order valence-corrected chi connectivity index (χ1v) is 9.92. The molecule has 1 saturated carbocycles. The molecule has 4 rings (SSSR count). The number of benzene rings is 2. The molecule has 0 radical (unpaired) electrons. The third-order valence-electron chi connectivity index (χ3n) is 5.32. The van der Waals surface area contributed by atoms with E-state index in [0.29, 0.717) is 18.2 Å². The van der Waals surface area contributed by atoms with Crippen LogP contribution < -0.4 is 10.2 Å². The number of aromatic nitrogens is 2. The van der Waals surface area contributed by atoms with Gasteiger partial charge in [-0.25, -0.2) is 4.68 Å². The maximum absolute atomic E-state index is 13.1. The van der Waals surface area contributed by atoms with Crippen molar-refractivity contribution in [1.82, 2.24) is 15.1 Å². The van der Waals surface area contributed by atoms with Crippen molar-refractivity contribution in [1.29, 1.82) is 0 Å². The predicted octanol–water partition coefficient (Wildman–Crippen LogP) is 2.37. The van der Waals surface area contributed by atoms with Crippen LogP contribution in [0.15, 0.2) is 66.7 Å². The molecule has 2 N–H and O–H groups in total. The number of hydrogen-bond donors (Lipinski definition) is 2. The third kappa shape index (κ3) is 3.99. The van der Waals surface area contributed by atoms with Crippen LogP contribution in [-0.2, 0) is 0 Å². The van der Waals surface area contributed by atoms with Crippen LogP contribution in [0.25, 0.3) is 5.69 Å². The molecule has 1 aliphatic rings. The largest absolute Gasteiger partial charge is 0.344 e. The van der Waals surface area contributed by atoms with Crippen molar-refractivity contribution in [3.63, 3.8) is 0 Å². The Morgan fingerprint density at radius 3 is 2.36 bits per heavy atom. The summed E-state index contributed by atoms with van der Waals surface area (Å²) >= 11 is 0. The van der Waals surface area contributed by atoms with Crippen LogP contribution in [0.2, 0.25) is 0 Å². The molecule has 144 valence electrons. The summed E-state index contributed by atoms with van der Waals surface area (Å²) in [5, 5.41) is 7.88. The standard InChI is InChI=1S/C23H26N4O/c1-26(2)22(18-9-5-3-6-10-18)16-24-23(28)21-15-20(17-13-14-17)25-27(21)19-11-7-4-8-12-19/h3-12,15,17,22H,13-14,16H2,1-2H3,(H,24,28)/p+1/t22-/m1/s1. The quantitative estimate of drug-likeness (QED) is 0.666. The molecule has 0 spiro atoms. The van der Waals surface area contributed by atoms with E-state index in [1.165, 1.54) is 10.5 Å². The first kappa shape index (κ1) is 18.4. The van der Waals surface area contributed by atoms with Crippen molar-refractivity contribution >= 4 is 5.91 Å². The van der Waals surface area contributed by atoms with Gasteiger partial charge in [0.05, 0.1) is 32.0 Å². The Morgan fingerprint density at radius 2 is 1.75 bits per heavy atom. The smallest absolute Gasteiger partial charge is 0.270 e. The molecule has 1 aromatic heterocycles. The van der Waals surface area contributed by atoms with E-state index in [9.17, 15) is 4.79 Å². The van der Waals surface area contributed by atoms with E-state index >= 15 is 0 Å². The van der Waals surface area contributed by atoms with E-state index in [4.69, 9.17) is 5.10 Å². The number of amides is 1. The number of likely N-dealkylation sites (N-methyl/N-ethyl adjacent to an activating group) is 1. The van der Waals surface area contributed by atoms with Gasteiger partial charge in [-0.05, 0) is 31.0 Å². The van der Waals surface area contributed by atoms with Crippen LogP contribution in [0.5, 0.6) is 0 Å². The molecule has 1 amide bonds. The van der Waals surface area contributed by atoms with Gasteiger partial charge in [0.15, 0.2) is 0 Å². The minimum absolute atomic E-state index is 0.0783. The van der Waals surface area contributed by atoms with Gasteiger partial charge in [0.2, 0.25) is 0 Å². The highest BCUT2D eigenvalue weighted by atomic mass is 16.2. The highest BCUT2D eigenvalue weighted by Crippen LogP contribution is 2.39. The van der Waals surface area contributed by atoms with Gasteiger partial charge in [0, 0.05) is 11.5 Å². The van der Waals surface area contributed by atoms with E-state index < -0.39 is 0 Å².